The number of nitrogens with one attached hydrogen (secondary N) is 1. The number of hydrogen-bond acceptors (Lipinski definition) is 10. The molecule has 43 heavy (non-hydrogen) atoms. The van der Waals surface area contributed by atoms with Gasteiger partial charge in [-0.15, -0.1) is 0 Å². The quantitative estimate of drug-likeness (QED) is 0.332. The number of fused-ring (bicyclic) bond motifs is 1. The van der Waals surface area contributed by atoms with Crippen molar-refractivity contribution in [2.24, 2.45) is 5.92 Å². The fourth-order valence-corrected chi connectivity index (χ4v) is 6.25. The molecule has 2 aliphatic rings. The van der Waals surface area contributed by atoms with E-state index in [9.17, 15) is 4.79 Å². The molecule has 1 N–H and O–H groups in total. The highest BCUT2D eigenvalue weighted by Gasteiger charge is 2.37. The normalized spacial score (nSPS) is 19.3. The van der Waals surface area contributed by atoms with Gasteiger partial charge in [0.1, 0.15) is 23.1 Å². The van der Waals surface area contributed by atoms with Gasteiger partial charge in [0.2, 0.25) is 5.91 Å². The molecule has 1 unspecified atom stereocenters. The number of anilines is 2. The second kappa shape index (κ2) is 12.7. The molecule has 1 amide bonds. The highest BCUT2D eigenvalue weighted by molar-refractivity contribution is 6.41. The number of amides is 1. The third kappa shape index (κ3) is 5.91. The number of hydrogen-bond donors (Lipinski definition) is 1. The summed E-state index contributed by atoms with van der Waals surface area (Å²) in [7, 11) is 9.20. The zero-order valence-corrected chi connectivity index (χ0v) is 26.7. The summed E-state index contributed by atoms with van der Waals surface area (Å²) in [5.74, 6) is 2.52. The van der Waals surface area contributed by atoms with E-state index in [-0.39, 0.29) is 23.9 Å². The van der Waals surface area contributed by atoms with Gasteiger partial charge in [-0.3, -0.25) is 4.79 Å². The minimum absolute atomic E-state index is 0.00213. The van der Waals surface area contributed by atoms with Gasteiger partial charge >= 0.3 is 0 Å². The Kier molecular flexibility index (Phi) is 9.17. The van der Waals surface area contributed by atoms with Crippen LogP contribution in [0, 0.1) is 5.92 Å². The minimum atomic E-state index is -0.207. The van der Waals surface area contributed by atoms with E-state index >= 15 is 0 Å². The van der Waals surface area contributed by atoms with Gasteiger partial charge in [-0.25, -0.2) is 15.0 Å². The summed E-state index contributed by atoms with van der Waals surface area (Å²) < 4.78 is 16.8. The molecule has 2 aromatic heterocycles. The van der Waals surface area contributed by atoms with Gasteiger partial charge in [0.25, 0.3) is 0 Å². The smallest absolute Gasteiger partial charge is 0.243 e. The van der Waals surface area contributed by atoms with E-state index in [2.05, 4.69) is 40.7 Å². The van der Waals surface area contributed by atoms with Crippen molar-refractivity contribution < 1.29 is 19.0 Å². The number of benzene rings is 1. The van der Waals surface area contributed by atoms with Crippen molar-refractivity contribution in [3.05, 3.63) is 41.0 Å². The molecule has 230 valence electrons. The van der Waals surface area contributed by atoms with Crippen LogP contribution in [0.3, 0.4) is 0 Å². The maximum Gasteiger partial charge on any atom is 0.243 e. The molecule has 11 nitrogen and oxygen atoms in total. The van der Waals surface area contributed by atoms with Crippen LogP contribution in [-0.4, -0.2) is 106 Å². The molecule has 13 heteroatoms. The summed E-state index contributed by atoms with van der Waals surface area (Å²) in [5, 5.41) is 4.42. The lowest BCUT2D eigenvalue weighted by atomic mass is 9.94. The van der Waals surface area contributed by atoms with E-state index in [0.717, 1.165) is 30.1 Å². The van der Waals surface area contributed by atoms with Crippen molar-refractivity contribution >= 4 is 51.6 Å². The van der Waals surface area contributed by atoms with Gasteiger partial charge in [0.15, 0.2) is 5.82 Å². The van der Waals surface area contributed by atoms with E-state index in [1.54, 1.807) is 12.3 Å². The number of carbonyl (C=O) groups is 1. The molecule has 0 saturated carbocycles. The Morgan fingerprint density at radius 3 is 2.42 bits per heavy atom. The van der Waals surface area contributed by atoms with Gasteiger partial charge in [0.05, 0.1) is 60.8 Å². The molecule has 0 spiro atoms. The van der Waals surface area contributed by atoms with Crippen LogP contribution in [0.1, 0.15) is 6.92 Å². The van der Waals surface area contributed by atoms with Crippen LogP contribution in [0.15, 0.2) is 31.0 Å². The molecule has 1 aromatic carbocycles. The Hall–Kier alpha value is -3.38. The third-order valence-electron chi connectivity index (χ3n) is 8.39. The molecule has 3 atom stereocenters. The van der Waals surface area contributed by atoms with Gasteiger partial charge in [-0.2, -0.15) is 0 Å². The molecule has 5 rings (SSSR count). The molecule has 2 aliphatic heterocycles. The SMILES string of the molecule is C=CC(=O)N[C@H](C)C1COC[C@H]1N(C)c1cc2c(N3CC(N(C)C)C3)nc(-c3c(Cl)c(OC)cc(OC)c3Cl)nc2cn1. The summed E-state index contributed by atoms with van der Waals surface area (Å²) in [6, 6.07) is 3.93. The van der Waals surface area contributed by atoms with Crippen LogP contribution in [0.4, 0.5) is 11.6 Å². The van der Waals surface area contributed by atoms with Crippen LogP contribution in [-0.2, 0) is 9.53 Å². The second-order valence-electron chi connectivity index (χ2n) is 11.1. The zero-order valence-electron chi connectivity index (χ0n) is 25.2. The largest absolute Gasteiger partial charge is 0.495 e. The fourth-order valence-electron chi connectivity index (χ4n) is 5.58. The number of carbonyl (C=O) groups excluding carboxylic acids is 1. The number of pyridine rings is 1. The number of likely N-dealkylation sites (N-methyl/N-ethyl adjacent to an activating group) is 2. The van der Waals surface area contributed by atoms with Crippen molar-refractivity contribution in [2.45, 2.75) is 25.0 Å². The molecule has 0 aliphatic carbocycles. The van der Waals surface area contributed by atoms with Crippen molar-refractivity contribution in [1.29, 1.82) is 0 Å². The summed E-state index contributed by atoms with van der Waals surface area (Å²) in [5.41, 5.74) is 1.07. The number of aromatic nitrogens is 3. The first-order chi connectivity index (χ1) is 20.6. The summed E-state index contributed by atoms with van der Waals surface area (Å²) in [6.45, 7) is 8.19. The summed E-state index contributed by atoms with van der Waals surface area (Å²) in [4.78, 5) is 33.2. The standard InChI is InChI=1S/C30H37Cl2N7O4/c1-8-25(40)34-16(2)19-14-43-15-21(19)38(5)24-9-18-20(11-33-24)35-29(36-30(18)39-12-17(13-39)37(3)4)26-27(31)22(41-6)10-23(42-7)28(26)32/h8-11,16-17,19,21H,1,12-15H2,2-7H3,(H,34,40)/t16-,19?,21-/m1/s1. The molecule has 2 fully saturated rings. The Labute approximate surface area is 261 Å². The van der Waals surface area contributed by atoms with E-state index in [4.69, 9.17) is 52.4 Å². The molecular weight excluding hydrogens is 593 g/mol. The molecule has 0 bridgehead atoms. The van der Waals surface area contributed by atoms with Gasteiger partial charge in [-0.1, -0.05) is 29.8 Å². The predicted molar refractivity (Wildman–Crippen MR) is 170 cm³/mol. The van der Waals surface area contributed by atoms with E-state index in [1.165, 1.54) is 20.3 Å². The lowest BCUT2D eigenvalue weighted by Gasteiger charge is -2.44. The average Bonchev–Trinajstić information content (AvgIpc) is 3.46. The van der Waals surface area contributed by atoms with E-state index in [0.29, 0.717) is 57.7 Å². The van der Waals surface area contributed by atoms with Gasteiger partial charge in [0, 0.05) is 49.6 Å². The molecule has 4 heterocycles. The minimum Gasteiger partial charge on any atom is -0.495 e. The summed E-state index contributed by atoms with van der Waals surface area (Å²) >= 11 is 13.5. The Morgan fingerprint density at radius 2 is 1.81 bits per heavy atom. The first-order valence-corrected chi connectivity index (χ1v) is 14.8. The molecule has 2 saturated heterocycles. The van der Waals surface area contributed by atoms with Gasteiger partial charge < -0.3 is 34.2 Å². The lowest BCUT2D eigenvalue weighted by Crippen LogP contribution is -2.57. The Balaban J connectivity index is 1.58. The summed E-state index contributed by atoms with van der Waals surface area (Å²) in [6.07, 6.45) is 3.02. The van der Waals surface area contributed by atoms with Crippen molar-refractivity contribution in [1.82, 2.24) is 25.2 Å². The monoisotopic (exact) mass is 629 g/mol. The number of rotatable bonds is 10. The Morgan fingerprint density at radius 1 is 1.14 bits per heavy atom. The second-order valence-corrected chi connectivity index (χ2v) is 11.9. The van der Waals surface area contributed by atoms with Gasteiger partial charge in [-0.05, 0) is 33.2 Å². The van der Waals surface area contributed by atoms with Crippen LogP contribution in [0.2, 0.25) is 10.0 Å². The van der Waals surface area contributed by atoms with Crippen molar-refractivity contribution in [3.63, 3.8) is 0 Å². The molecule has 3 aromatic rings. The van der Waals surface area contributed by atoms with Crippen molar-refractivity contribution in [2.75, 3.05) is 71.5 Å². The Bertz CT molecular complexity index is 1500. The highest BCUT2D eigenvalue weighted by atomic mass is 35.5. The topological polar surface area (TPSA) is 105 Å². The molecule has 0 radical (unpaired) electrons. The van der Waals surface area contributed by atoms with Crippen LogP contribution in [0.5, 0.6) is 11.5 Å². The van der Waals surface area contributed by atoms with Crippen LogP contribution >= 0.6 is 23.2 Å². The highest BCUT2D eigenvalue weighted by Crippen LogP contribution is 2.46. The first-order valence-electron chi connectivity index (χ1n) is 14.0. The lowest BCUT2D eigenvalue weighted by molar-refractivity contribution is -0.117. The fraction of sp³-hybridized carbons (Fsp3) is 0.467. The predicted octanol–water partition coefficient (Wildman–Crippen LogP) is 3.91. The van der Waals surface area contributed by atoms with E-state index in [1.807, 2.05) is 20.0 Å². The number of nitrogens with zero attached hydrogens (tertiary/aromatic N) is 6. The maximum absolute atomic E-state index is 12.0. The number of methoxy groups -OCH3 is 2. The van der Waals surface area contributed by atoms with Crippen molar-refractivity contribution in [3.8, 4) is 22.9 Å². The molecular formula is C30H37Cl2N7O4. The van der Waals surface area contributed by atoms with E-state index < -0.39 is 0 Å². The van der Waals surface area contributed by atoms with Crippen LogP contribution in [0.25, 0.3) is 22.3 Å². The number of ether oxygens (including phenoxy) is 3. The van der Waals surface area contributed by atoms with Crippen LogP contribution < -0.4 is 24.6 Å². The zero-order chi connectivity index (χ0) is 31.0. The maximum atomic E-state index is 12.0. The third-order valence-corrected chi connectivity index (χ3v) is 9.14. The average molecular weight is 631 g/mol. The number of halogens is 2. The first kappa shape index (κ1) is 31.1.